The number of fused-ring (bicyclic) bond motifs is 3. The van der Waals surface area contributed by atoms with Crippen molar-refractivity contribution < 1.29 is 9.47 Å². The highest BCUT2D eigenvalue weighted by Gasteiger charge is 2.25. The topological polar surface area (TPSA) is 111 Å². The number of likely N-dealkylation sites (tertiary alicyclic amines) is 1. The normalized spacial score (nSPS) is 14.7. The van der Waals surface area contributed by atoms with Crippen LogP contribution in [0.1, 0.15) is 37.8 Å². The summed E-state index contributed by atoms with van der Waals surface area (Å²) in [4.78, 5) is 29.2. The quantitative estimate of drug-likeness (QED) is 0.251. The van der Waals surface area contributed by atoms with Crippen molar-refractivity contribution in [1.29, 1.82) is 5.26 Å². The highest BCUT2D eigenvalue weighted by molar-refractivity contribution is 5.81. The first-order valence-electron chi connectivity index (χ1n) is 14.6. The average molecular weight is 578 g/mol. The van der Waals surface area contributed by atoms with Crippen LogP contribution in [-0.2, 0) is 11.3 Å². The maximum absolute atomic E-state index is 12.9. The Bertz CT molecular complexity index is 1850. The van der Waals surface area contributed by atoms with Gasteiger partial charge in [0.1, 0.15) is 0 Å². The number of benzene rings is 2. The lowest BCUT2D eigenvalue weighted by Gasteiger charge is -2.36. The van der Waals surface area contributed by atoms with Gasteiger partial charge in [-0.1, -0.05) is 18.2 Å². The molecular weight excluding hydrogens is 542 g/mol. The molecule has 5 aromatic rings. The molecule has 1 fully saturated rings. The monoisotopic (exact) mass is 577 g/mol. The maximum atomic E-state index is 12.9. The number of ether oxygens (including phenoxy) is 2. The van der Waals surface area contributed by atoms with Crippen molar-refractivity contribution in [2.24, 2.45) is 5.92 Å². The number of rotatable bonds is 9. The van der Waals surface area contributed by atoms with Crippen LogP contribution in [0.2, 0.25) is 0 Å². The molecule has 0 saturated carbocycles. The average Bonchev–Trinajstić information content (AvgIpc) is 3.40. The predicted molar refractivity (Wildman–Crippen MR) is 164 cm³/mol. The number of nitriles is 1. The van der Waals surface area contributed by atoms with Crippen LogP contribution >= 0.6 is 0 Å². The summed E-state index contributed by atoms with van der Waals surface area (Å²) in [6.07, 6.45) is 7.34. The van der Waals surface area contributed by atoms with Crippen LogP contribution in [-0.4, -0.2) is 67.8 Å². The number of aromatic nitrogens is 5. The molecule has 0 atom stereocenters. The third kappa shape index (κ3) is 6.28. The smallest absolute Gasteiger partial charge is 0.255 e. The minimum Gasteiger partial charge on any atom is -0.490 e. The van der Waals surface area contributed by atoms with Crippen molar-refractivity contribution in [2.75, 3.05) is 33.4 Å². The maximum Gasteiger partial charge on any atom is 0.255 e. The number of imidazole rings is 1. The van der Waals surface area contributed by atoms with Crippen LogP contribution < -0.4 is 10.3 Å². The molecule has 220 valence electrons. The first-order valence-corrected chi connectivity index (χ1v) is 14.6. The molecule has 6 rings (SSSR count). The summed E-state index contributed by atoms with van der Waals surface area (Å²) in [5.74, 6) is 2.27. The molecule has 0 bridgehead atoms. The van der Waals surface area contributed by atoms with E-state index in [1.165, 1.54) is 6.07 Å². The van der Waals surface area contributed by atoms with Gasteiger partial charge in [0.25, 0.3) is 5.56 Å². The summed E-state index contributed by atoms with van der Waals surface area (Å²) < 4.78 is 15.1. The van der Waals surface area contributed by atoms with Crippen LogP contribution in [0.3, 0.4) is 0 Å². The van der Waals surface area contributed by atoms with Gasteiger partial charge in [0.05, 0.1) is 53.8 Å². The van der Waals surface area contributed by atoms with E-state index in [1.54, 1.807) is 48.5 Å². The zero-order valence-corrected chi connectivity index (χ0v) is 24.7. The lowest BCUT2D eigenvalue weighted by Crippen LogP contribution is -2.44. The van der Waals surface area contributed by atoms with Crippen LogP contribution in [0.25, 0.3) is 28.2 Å². The van der Waals surface area contributed by atoms with Gasteiger partial charge in [-0.15, -0.1) is 0 Å². The Morgan fingerprint density at radius 2 is 1.86 bits per heavy atom. The number of nitrogens with zero attached hydrogens (tertiary/aromatic N) is 7. The SMILES string of the molecule is COC(C)(C)CN1CCC(COc2cnc(-c3cccc(Cn4c(=O)ccn5c6cc(C#N)ccc6nc45)c3)nc2)CC1. The van der Waals surface area contributed by atoms with Gasteiger partial charge in [-0.3, -0.25) is 13.8 Å². The third-order valence-corrected chi connectivity index (χ3v) is 8.18. The molecule has 10 nitrogen and oxygen atoms in total. The Labute approximate surface area is 250 Å². The van der Waals surface area contributed by atoms with Gasteiger partial charge in [-0.2, -0.15) is 5.26 Å². The van der Waals surface area contributed by atoms with Gasteiger partial charge in [0.15, 0.2) is 11.6 Å². The van der Waals surface area contributed by atoms with Crippen molar-refractivity contribution >= 4 is 16.8 Å². The number of piperidine rings is 1. The Morgan fingerprint density at radius 1 is 1.07 bits per heavy atom. The van der Waals surface area contributed by atoms with Crippen molar-refractivity contribution in [1.82, 2.24) is 28.8 Å². The minimum absolute atomic E-state index is 0.132. The summed E-state index contributed by atoms with van der Waals surface area (Å²) in [7, 11) is 1.77. The Morgan fingerprint density at radius 3 is 2.60 bits per heavy atom. The van der Waals surface area contributed by atoms with Gasteiger partial charge in [0.2, 0.25) is 5.78 Å². The fourth-order valence-corrected chi connectivity index (χ4v) is 5.62. The van der Waals surface area contributed by atoms with Gasteiger partial charge in [0, 0.05) is 31.5 Å². The third-order valence-electron chi connectivity index (χ3n) is 8.18. The van der Waals surface area contributed by atoms with E-state index in [2.05, 4.69) is 39.8 Å². The van der Waals surface area contributed by atoms with E-state index in [-0.39, 0.29) is 11.2 Å². The van der Waals surface area contributed by atoms with Crippen molar-refractivity contribution in [3.63, 3.8) is 0 Å². The number of hydrogen-bond acceptors (Lipinski definition) is 8. The largest absolute Gasteiger partial charge is 0.490 e. The van der Waals surface area contributed by atoms with E-state index in [4.69, 9.17) is 9.47 Å². The van der Waals surface area contributed by atoms with Gasteiger partial charge in [-0.25, -0.2) is 15.0 Å². The van der Waals surface area contributed by atoms with E-state index in [0.717, 1.165) is 54.6 Å². The minimum atomic E-state index is -0.157. The molecule has 1 aliphatic heterocycles. The van der Waals surface area contributed by atoms with Crippen LogP contribution in [0.5, 0.6) is 5.75 Å². The van der Waals surface area contributed by atoms with Crippen LogP contribution in [0.4, 0.5) is 0 Å². The summed E-state index contributed by atoms with van der Waals surface area (Å²) in [6.45, 7) is 8.26. The van der Waals surface area contributed by atoms with Crippen molar-refractivity contribution in [3.8, 4) is 23.2 Å². The molecule has 0 unspecified atom stereocenters. The molecule has 43 heavy (non-hydrogen) atoms. The van der Waals surface area contributed by atoms with Crippen molar-refractivity contribution in [3.05, 3.63) is 88.6 Å². The lowest BCUT2D eigenvalue weighted by molar-refractivity contribution is -0.0161. The highest BCUT2D eigenvalue weighted by Crippen LogP contribution is 2.23. The molecule has 3 aromatic heterocycles. The van der Waals surface area contributed by atoms with E-state index < -0.39 is 0 Å². The molecule has 1 saturated heterocycles. The zero-order valence-electron chi connectivity index (χ0n) is 24.7. The summed E-state index contributed by atoms with van der Waals surface area (Å²) in [5, 5.41) is 9.30. The standard InChI is InChI=1S/C33H35N7O3/c1-33(2,42-3)22-38-12-9-23(10-13-38)21-43-27-18-35-31(36-19-27)26-6-4-5-25(15-26)20-40-30(41)11-14-39-29-16-24(17-34)7-8-28(29)37-32(39)40/h4-8,11,14-16,18-19,23H,9-10,12-13,20-22H2,1-3H3. The molecule has 2 aromatic carbocycles. The first-order chi connectivity index (χ1) is 20.8. The van der Waals surface area contributed by atoms with E-state index in [9.17, 15) is 10.1 Å². The van der Waals surface area contributed by atoms with Gasteiger partial charge >= 0.3 is 0 Å². The molecule has 0 N–H and O–H groups in total. The second-order valence-electron chi connectivity index (χ2n) is 11.8. The molecule has 0 spiro atoms. The molecule has 0 radical (unpaired) electrons. The van der Waals surface area contributed by atoms with E-state index >= 15 is 0 Å². The zero-order chi connectivity index (χ0) is 30.0. The first kappa shape index (κ1) is 28.5. The highest BCUT2D eigenvalue weighted by atomic mass is 16.5. The summed E-state index contributed by atoms with van der Waals surface area (Å²) in [6, 6.07) is 16.8. The fraction of sp³-hybridized carbons (Fsp3) is 0.364. The fourth-order valence-electron chi connectivity index (χ4n) is 5.62. The summed E-state index contributed by atoms with van der Waals surface area (Å²) >= 11 is 0. The van der Waals surface area contributed by atoms with Gasteiger partial charge < -0.3 is 14.4 Å². The second-order valence-corrected chi connectivity index (χ2v) is 11.8. The van der Waals surface area contributed by atoms with Crippen molar-refractivity contribution in [2.45, 2.75) is 38.8 Å². The Balaban J connectivity index is 1.12. The molecule has 0 amide bonds. The predicted octanol–water partition coefficient (Wildman–Crippen LogP) is 4.54. The second kappa shape index (κ2) is 12.0. The van der Waals surface area contributed by atoms with Gasteiger partial charge in [-0.05, 0) is 75.5 Å². The van der Waals surface area contributed by atoms with Crippen LogP contribution in [0, 0.1) is 17.2 Å². The Kier molecular flexibility index (Phi) is 7.93. The summed E-state index contributed by atoms with van der Waals surface area (Å²) in [5.41, 5.74) is 3.52. The molecule has 1 aliphatic rings. The number of hydrogen-bond donors (Lipinski definition) is 0. The molecule has 0 aliphatic carbocycles. The molecular formula is C33H35N7O3. The van der Waals surface area contributed by atoms with Crippen LogP contribution in [0.15, 0.2) is 71.9 Å². The molecule has 4 heterocycles. The number of methoxy groups -OCH3 is 1. The van der Waals surface area contributed by atoms with E-state index in [1.807, 2.05) is 28.7 Å². The Hall–Kier alpha value is -4.59. The van der Waals surface area contributed by atoms with E-state index in [0.29, 0.717) is 42.0 Å². The molecule has 10 heteroatoms. The lowest BCUT2D eigenvalue weighted by atomic mass is 9.96.